The standard InChI is InChI=1S/C38H27N/c1-26-12-21-33-35(24-26)37(31-17-13-29(14-18-31)27-8-4-2-5-9-27)34-22-23-39-25-36(34)38(33)32-19-15-30(16-20-32)28-10-6-3-7-11-28/h2-25H,1H3. The van der Waals surface area contributed by atoms with E-state index in [1.54, 1.807) is 0 Å². The molecule has 0 unspecified atom stereocenters. The summed E-state index contributed by atoms with van der Waals surface area (Å²) < 4.78 is 0. The molecule has 184 valence electrons. The van der Waals surface area contributed by atoms with Gasteiger partial charge in [-0.1, -0.05) is 133 Å². The van der Waals surface area contributed by atoms with Crippen molar-refractivity contribution < 1.29 is 0 Å². The highest BCUT2D eigenvalue weighted by molar-refractivity contribution is 6.21. The fourth-order valence-corrected chi connectivity index (χ4v) is 5.73. The normalized spacial score (nSPS) is 11.2. The Morgan fingerprint density at radius 3 is 1.41 bits per heavy atom. The van der Waals surface area contributed by atoms with Crippen LogP contribution in [-0.4, -0.2) is 4.98 Å². The van der Waals surface area contributed by atoms with Crippen LogP contribution in [0.5, 0.6) is 0 Å². The van der Waals surface area contributed by atoms with Crippen LogP contribution in [0.15, 0.2) is 146 Å². The van der Waals surface area contributed by atoms with Gasteiger partial charge in [0.15, 0.2) is 0 Å². The SMILES string of the molecule is Cc1ccc2c(-c3ccc(-c4ccccc4)cc3)c3cnccc3c(-c3ccc(-c4ccccc4)cc3)c2c1. The van der Waals surface area contributed by atoms with Crippen LogP contribution in [0.2, 0.25) is 0 Å². The van der Waals surface area contributed by atoms with E-state index in [-0.39, 0.29) is 0 Å². The van der Waals surface area contributed by atoms with Gasteiger partial charge >= 0.3 is 0 Å². The van der Waals surface area contributed by atoms with Crippen LogP contribution in [0.1, 0.15) is 5.56 Å². The topological polar surface area (TPSA) is 12.9 Å². The molecule has 1 heterocycles. The third-order valence-corrected chi connectivity index (χ3v) is 7.63. The van der Waals surface area contributed by atoms with E-state index in [0.717, 1.165) is 0 Å². The van der Waals surface area contributed by atoms with Gasteiger partial charge in [0.2, 0.25) is 0 Å². The lowest BCUT2D eigenvalue weighted by Crippen LogP contribution is -1.92. The largest absolute Gasteiger partial charge is 0.264 e. The Kier molecular flexibility index (Phi) is 5.75. The molecule has 0 saturated heterocycles. The maximum absolute atomic E-state index is 4.58. The van der Waals surface area contributed by atoms with Crippen molar-refractivity contribution in [1.82, 2.24) is 4.98 Å². The van der Waals surface area contributed by atoms with E-state index in [1.807, 2.05) is 12.4 Å². The van der Waals surface area contributed by atoms with Crippen molar-refractivity contribution in [2.75, 3.05) is 0 Å². The molecule has 0 spiro atoms. The van der Waals surface area contributed by atoms with Crippen molar-refractivity contribution in [1.29, 1.82) is 0 Å². The molecule has 7 aromatic rings. The van der Waals surface area contributed by atoms with Crippen LogP contribution in [0, 0.1) is 6.92 Å². The first-order chi connectivity index (χ1) is 19.3. The van der Waals surface area contributed by atoms with Gasteiger partial charge in [-0.2, -0.15) is 0 Å². The number of hydrogen-bond donors (Lipinski definition) is 0. The first-order valence-electron chi connectivity index (χ1n) is 13.4. The molecular formula is C38H27N. The molecule has 1 nitrogen and oxygen atoms in total. The van der Waals surface area contributed by atoms with Gasteiger partial charge in [-0.05, 0) is 73.7 Å². The summed E-state index contributed by atoms with van der Waals surface area (Å²) in [5.41, 5.74) is 11.1. The molecule has 0 bridgehead atoms. The van der Waals surface area contributed by atoms with Gasteiger partial charge in [-0.15, -0.1) is 0 Å². The second-order valence-electron chi connectivity index (χ2n) is 10.1. The predicted octanol–water partition coefficient (Wildman–Crippen LogP) is 10.4. The Morgan fingerprint density at radius 2 is 0.846 bits per heavy atom. The Morgan fingerprint density at radius 1 is 0.385 bits per heavy atom. The summed E-state index contributed by atoms with van der Waals surface area (Å²) in [6.45, 7) is 2.17. The smallest absolute Gasteiger partial charge is 0.0353 e. The third kappa shape index (κ3) is 4.19. The summed E-state index contributed by atoms with van der Waals surface area (Å²) in [6.07, 6.45) is 3.94. The molecule has 0 aliphatic heterocycles. The van der Waals surface area contributed by atoms with E-state index in [2.05, 4.69) is 145 Å². The second-order valence-corrected chi connectivity index (χ2v) is 10.1. The molecule has 7 rings (SSSR count). The Labute approximate surface area is 229 Å². The summed E-state index contributed by atoms with van der Waals surface area (Å²) in [4.78, 5) is 4.58. The van der Waals surface area contributed by atoms with Crippen molar-refractivity contribution >= 4 is 21.5 Å². The quantitative estimate of drug-likeness (QED) is 0.220. The number of rotatable bonds is 4. The van der Waals surface area contributed by atoms with Gasteiger partial charge in [-0.3, -0.25) is 4.98 Å². The minimum absolute atomic E-state index is 1.17. The first kappa shape index (κ1) is 23.1. The molecule has 0 amide bonds. The molecule has 0 radical (unpaired) electrons. The van der Waals surface area contributed by atoms with E-state index in [0.29, 0.717) is 0 Å². The number of pyridine rings is 1. The molecule has 0 fully saturated rings. The second kappa shape index (κ2) is 9.70. The molecule has 6 aromatic carbocycles. The van der Waals surface area contributed by atoms with E-state index in [4.69, 9.17) is 0 Å². The zero-order valence-electron chi connectivity index (χ0n) is 21.8. The molecule has 0 saturated carbocycles. The number of aromatic nitrogens is 1. The molecule has 39 heavy (non-hydrogen) atoms. The van der Waals surface area contributed by atoms with Crippen LogP contribution in [-0.2, 0) is 0 Å². The molecule has 1 heteroatoms. The third-order valence-electron chi connectivity index (χ3n) is 7.63. The Bertz CT molecular complexity index is 1920. The molecular weight excluding hydrogens is 470 g/mol. The average molecular weight is 498 g/mol. The van der Waals surface area contributed by atoms with Crippen LogP contribution in [0.4, 0.5) is 0 Å². The summed E-state index contributed by atoms with van der Waals surface area (Å²) in [7, 11) is 0. The highest BCUT2D eigenvalue weighted by Crippen LogP contribution is 2.44. The van der Waals surface area contributed by atoms with E-state index < -0.39 is 0 Å². The van der Waals surface area contributed by atoms with Gasteiger partial charge in [0.1, 0.15) is 0 Å². The predicted molar refractivity (Wildman–Crippen MR) is 166 cm³/mol. The number of nitrogens with zero attached hydrogens (tertiary/aromatic N) is 1. The molecule has 0 aliphatic rings. The highest BCUT2D eigenvalue weighted by atomic mass is 14.6. The average Bonchev–Trinajstić information content (AvgIpc) is 3.01. The minimum Gasteiger partial charge on any atom is -0.264 e. The lowest BCUT2D eigenvalue weighted by atomic mass is 9.85. The maximum Gasteiger partial charge on any atom is 0.0353 e. The van der Waals surface area contributed by atoms with Crippen molar-refractivity contribution in [3.63, 3.8) is 0 Å². The first-order valence-corrected chi connectivity index (χ1v) is 13.4. The summed E-state index contributed by atoms with van der Waals surface area (Å²) >= 11 is 0. The van der Waals surface area contributed by atoms with Gasteiger partial charge < -0.3 is 0 Å². The van der Waals surface area contributed by atoms with Gasteiger partial charge in [0, 0.05) is 17.8 Å². The maximum atomic E-state index is 4.58. The number of hydrogen-bond acceptors (Lipinski definition) is 1. The zero-order chi connectivity index (χ0) is 26.2. The summed E-state index contributed by atoms with van der Waals surface area (Å²) in [5.74, 6) is 0. The Hall–Kier alpha value is -5.01. The van der Waals surface area contributed by atoms with E-state index in [1.165, 1.54) is 71.6 Å². The lowest BCUT2D eigenvalue weighted by molar-refractivity contribution is 1.37. The lowest BCUT2D eigenvalue weighted by Gasteiger charge is -2.18. The number of aryl methyl sites for hydroxylation is 1. The zero-order valence-corrected chi connectivity index (χ0v) is 21.8. The van der Waals surface area contributed by atoms with Crippen molar-refractivity contribution in [2.45, 2.75) is 6.92 Å². The van der Waals surface area contributed by atoms with Crippen molar-refractivity contribution in [2.24, 2.45) is 0 Å². The molecule has 1 aromatic heterocycles. The summed E-state index contributed by atoms with van der Waals surface area (Å²) in [5, 5.41) is 4.90. The van der Waals surface area contributed by atoms with E-state index in [9.17, 15) is 0 Å². The van der Waals surface area contributed by atoms with Gasteiger partial charge in [-0.25, -0.2) is 0 Å². The fourth-order valence-electron chi connectivity index (χ4n) is 5.73. The van der Waals surface area contributed by atoms with E-state index >= 15 is 0 Å². The van der Waals surface area contributed by atoms with Gasteiger partial charge in [0.25, 0.3) is 0 Å². The number of benzene rings is 6. The van der Waals surface area contributed by atoms with Crippen LogP contribution in [0.25, 0.3) is 66.1 Å². The molecule has 0 atom stereocenters. The fraction of sp³-hybridized carbons (Fsp3) is 0.0263. The van der Waals surface area contributed by atoms with Crippen molar-refractivity contribution in [3.8, 4) is 44.5 Å². The highest BCUT2D eigenvalue weighted by Gasteiger charge is 2.17. The molecule has 0 aliphatic carbocycles. The van der Waals surface area contributed by atoms with Crippen molar-refractivity contribution in [3.05, 3.63) is 151 Å². The summed E-state index contributed by atoms with van der Waals surface area (Å²) in [6, 6.07) is 48.0. The van der Waals surface area contributed by atoms with Gasteiger partial charge in [0.05, 0.1) is 0 Å². The van der Waals surface area contributed by atoms with Crippen LogP contribution < -0.4 is 0 Å². The van der Waals surface area contributed by atoms with Crippen LogP contribution >= 0.6 is 0 Å². The number of fused-ring (bicyclic) bond motifs is 2. The monoisotopic (exact) mass is 497 g/mol. The minimum atomic E-state index is 1.17. The Balaban J connectivity index is 1.45. The molecule has 0 N–H and O–H groups in total. The van der Waals surface area contributed by atoms with Crippen LogP contribution in [0.3, 0.4) is 0 Å².